The number of rotatable bonds is 7. The third kappa shape index (κ3) is 5.13. The van der Waals surface area contributed by atoms with Crippen molar-refractivity contribution in [1.82, 2.24) is 4.90 Å². The summed E-state index contributed by atoms with van der Waals surface area (Å²) >= 11 is 6.15. The normalized spacial score (nSPS) is 14.6. The molecule has 0 atom stereocenters. The zero-order chi connectivity index (χ0) is 23.5. The van der Waals surface area contributed by atoms with Crippen molar-refractivity contribution in [3.8, 4) is 0 Å². The first-order valence-corrected chi connectivity index (χ1v) is 11.7. The predicted octanol–water partition coefficient (Wildman–Crippen LogP) is 6.89. The number of benzene rings is 3. The highest BCUT2D eigenvalue weighted by Crippen LogP contribution is 2.38. The molecule has 1 aliphatic heterocycles. The molecule has 4 rings (SSSR count). The summed E-state index contributed by atoms with van der Waals surface area (Å²) in [7, 11) is 0. The molecule has 4 nitrogen and oxygen atoms in total. The number of carbonyl (C=O) groups excluding carboxylic acids is 1. The van der Waals surface area contributed by atoms with Crippen molar-refractivity contribution in [3.05, 3.63) is 94.5 Å². The molecule has 0 bridgehead atoms. The van der Waals surface area contributed by atoms with Crippen LogP contribution in [0.1, 0.15) is 44.4 Å². The molecule has 1 aliphatic rings. The molecule has 1 heterocycles. The Morgan fingerprint density at radius 3 is 2.24 bits per heavy atom. The van der Waals surface area contributed by atoms with Gasteiger partial charge in [-0.3, -0.25) is 9.69 Å². The SMILES string of the molecule is CC(C)N(Cc1ccc(NC(=C2C(=O)Nc3cc(Cl)ccc32)c2ccccc2)cc1)C(C)C. The second-order valence-corrected chi connectivity index (χ2v) is 9.38. The highest BCUT2D eigenvalue weighted by molar-refractivity contribution is 6.38. The van der Waals surface area contributed by atoms with Gasteiger partial charge in [0, 0.05) is 34.9 Å². The maximum Gasteiger partial charge on any atom is 0.258 e. The molecule has 0 radical (unpaired) electrons. The number of fused-ring (bicyclic) bond motifs is 1. The van der Waals surface area contributed by atoms with E-state index in [0.717, 1.165) is 34.7 Å². The molecular weight excluding hydrogens is 430 g/mol. The lowest BCUT2D eigenvalue weighted by atomic mass is 10.00. The third-order valence-electron chi connectivity index (χ3n) is 5.95. The Balaban J connectivity index is 1.69. The van der Waals surface area contributed by atoms with Gasteiger partial charge in [0.15, 0.2) is 0 Å². The first kappa shape index (κ1) is 23.1. The highest BCUT2D eigenvalue weighted by atomic mass is 35.5. The van der Waals surface area contributed by atoms with Gasteiger partial charge < -0.3 is 10.6 Å². The molecule has 5 heteroatoms. The van der Waals surface area contributed by atoms with Crippen LogP contribution in [0.4, 0.5) is 11.4 Å². The fraction of sp³-hybridized carbons (Fsp3) is 0.250. The van der Waals surface area contributed by atoms with Crippen LogP contribution in [-0.2, 0) is 11.3 Å². The maximum atomic E-state index is 13.0. The summed E-state index contributed by atoms with van der Waals surface area (Å²) in [6.07, 6.45) is 0. The molecule has 3 aromatic carbocycles. The zero-order valence-corrected chi connectivity index (χ0v) is 20.3. The Labute approximate surface area is 201 Å². The number of anilines is 2. The average molecular weight is 460 g/mol. The van der Waals surface area contributed by atoms with Crippen LogP contribution in [0, 0.1) is 0 Å². The average Bonchev–Trinajstić information content (AvgIpc) is 3.11. The first-order chi connectivity index (χ1) is 15.8. The van der Waals surface area contributed by atoms with E-state index in [0.29, 0.717) is 22.7 Å². The van der Waals surface area contributed by atoms with Crippen LogP contribution in [0.3, 0.4) is 0 Å². The van der Waals surface area contributed by atoms with Crippen LogP contribution in [0.5, 0.6) is 0 Å². The molecule has 0 aliphatic carbocycles. The minimum atomic E-state index is -0.139. The summed E-state index contributed by atoms with van der Waals surface area (Å²) in [5, 5.41) is 7.07. The summed E-state index contributed by atoms with van der Waals surface area (Å²) in [5.74, 6) is -0.139. The van der Waals surface area contributed by atoms with Gasteiger partial charge in [0.05, 0.1) is 17.0 Å². The summed E-state index contributed by atoms with van der Waals surface area (Å²) in [5.41, 5.74) is 6.10. The van der Waals surface area contributed by atoms with E-state index in [9.17, 15) is 4.79 Å². The number of amides is 1. The molecule has 0 saturated heterocycles. The number of hydrogen-bond donors (Lipinski definition) is 2. The van der Waals surface area contributed by atoms with E-state index in [1.165, 1.54) is 5.56 Å². The van der Waals surface area contributed by atoms with Crippen molar-refractivity contribution in [3.63, 3.8) is 0 Å². The first-order valence-electron chi connectivity index (χ1n) is 11.4. The van der Waals surface area contributed by atoms with E-state index in [2.05, 4.69) is 67.5 Å². The maximum absolute atomic E-state index is 13.0. The van der Waals surface area contributed by atoms with Crippen molar-refractivity contribution in [2.45, 2.75) is 46.3 Å². The monoisotopic (exact) mass is 459 g/mol. The summed E-state index contributed by atoms with van der Waals surface area (Å²) in [6.45, 7) is 9.81. The smallest absolute Gasteiger partial charge is 0.258 e. The summed E-state index contributed by atoms with van der Waals surface area (Å²) in [6, 6.07) is 24.8. The van der Waals surface area contributed by atoms with E-state index in [1.54, 1.807) is 6.07 Å². The van der Waals surface area contributed by atoms with Gasteiger partial charge >= 0.3 is 0 Å². The minimum absolute atomic E-state index is 0.139. The van der Waals surface area contributed by atoms with Gasteiger partial charge in [-0.05, 0) is 63.1 Å². The Bertz CT molecular complexity index is 1160. The van der Waals surface area contributed by atoms with E-state index >= 15 is 0 Å². The van der Waals surface area contributed by atoms with Gasteiger partial charge in [-0.2, -0.15) is 0 Å². The molecule has 0 fully saturated rings. The fourth-order valence-electron chi connectivity index (χ4n) is 4.29. The Hall–Kier alpha value is -3.08. The number of nitrogens with one attached hydrogen (secondary N) is 2. The van der Waals surface area contributed by atoms with Gasteiger partial charge in [0.1, 0.15) is 0 Å². The Kier molecular flexibility index (Phi) is 6.87. The topological polar surface area (TPSA) is 44.4 Å². The lowest BCUT2D eigenvalue weighted by molar-refractivity contribution is -0.110. The van der Waals surface area contributed by atoms with Crippen molar-refractivity contribution < 1.29 is 4.79 Å². The van der Waals surface area contributed by atoms with Crippen molar-refractivity contribution in [2.24, 2.45) is 0 Å². The zero-order valence-electron chi connectivity index (χ0n) is 19.5. The van der Waals surface area contributed by atoms with Crippen LogP contribution in [0.25, 0.3) is 11.3 Å². The predicted molar refractivity (Wildman–Crippen MR) is 139 cm³/mol. The molecule has 33 heavy (non-hydrogen) atoms. The lowest BCUT2D eigenvalue weighted by Gasteiger charge is -2.30. The van der Waals surface area contributed by atoms with E-state index in [4.69, 9.17) is 11.6 Å². The molecule has 2 N–H and O–H groups in total. The second-order valence-electron chi connectivity index (χ2n) is 8.94. The highest BCUT2D eigenvalue weighted by Gasteiger charge is 2.28. The number of carbonyl (C=O) groups is 1. The van der Waals surface area contributed by atoms with Gasteiger partial charge in [0.25, 0.3) is 5.91 Å². The van der Waals surface area contributed by atoms with Crippen LogP contribution in [-0.4, -0.2) is 22.9 Å². The third-order valence-corrected chi connectivity index (χ3v) is 6.19. The summed E-state index contributed by atoms with van der Waals surface area (Å²) in [4.78, 5) is 15.5. The van der Waals surface area contributed by atoms with Crippen LogP contribution in [0.15, 0.2) is 72.8 Å². The molecule has 0 unspecified atom stereocenters. The lowest BCUT2D eigenvalue weighted by Crippen LogP contribution is -2.36. The molecule has 0 saturated carbocycles. The van der Waals surface area contributed by atoms with Gasteiger partial charge in [-0.25, -0.2) is 0 Å². The molecule has 170 valence electrons. The standard InChI is InChI=1S/C28H30ClN3O/c1-18(2)32(19(3)4)17-20-10-13-23(14-11-20)30-27(21-8-6-5-7-9-21)26-24-15-12-22(29)16-25(24)31-28(26)33/h5-16,18-19,30H,17H2,1-4H3,(H,31,33). The van der Waals surface area contributed by atoms with E-state index in [-0.39, 0.29) is 5.91 Å². The van der Waals surface area contributed by atoms with Crippen LogP contribution < -0.4 is 10.6 Å². The molecule has 0 spiro atoms. The van der Waals surface area contributed by atoms with Crippen molar-refractivity contribution in [2.75, 3.05) is 10.6 Å². The number of hydrogen-bond acceptors (Lipinski definition) is 3. The largest absolute Gasteiger partial charge is 0.354 e. The van der Waals surface area contributed by atoms with Gasteiger partial charge in [-0.1, -0.05) is 60.1 Å². The Morgan fingerprint density at radius 1 is 0.939 bits per heavy atom. The van der Waals surface area contributed by atoms with Crippen molar-refractivity contribution >= 4 is 40.2 Å². The van der Waals surface area contributed by atoms with Crippen LogP contribution in [0.2, 0.25) is 5.02 Å². The van der Waals surface area contributed by atoms with Crippen LogP contribution >= 0.6 is 11.6 Å². The van der Waals surface area contributed by atoms with E-state index in [1.807, 2.05) is 42.5 Å². The second kappa shape index (κ2) is 9.82. The Morgan fingerprint density at radius 2 is 1.61 bits per heavy atom. The molecule has 1 amide bonds. The van der Waals surface area contributed by atoms with Gasteiger partial charge in [0.2, 0.25) is 0 Å². The summed E-state index contributed by atoms with van der Waals surface area (Å²) < 4.78 is 0. The molecular formula is C28H30ClN3O. The fourth-order valence-corrected chi connectivity index (χ4v) is 4.46. The number of nitrogens with zero attached hydrogens (tertiary/aromatic N) is 1. The van der Waals surface area contributed by atoms with Crippen molar-refractivity contribution in [1.29, 1.82) is 0 Å². The molecule has 0 aromatic heterocycles. The quantitative estimate of drug-likeness (QED) is 0.378. The number of halogens is 1. The minimum Gasteiger partial charge on any atom is -0.354 e. The molecule has 3 aromatic rings. The van der Waals surface area contributed by atoms with Gasteiger partial charge in [-0.15, -0.1) is 0 Å². The van der Waals surface area contributed by atoms with E-state index < -0.39 is 0 Å².